The van der Waals surface area contributed by atoms with Gasteiger partial charge < -0.3 is 110 Å². The van der Waals surface area contributed by atoms with Crippen molar-refractivity contribution in [3.63, 3.8) is 0 Å². The molecule has 3 heterocycles. The quantitative estimate of drug-likeness (QED) is 0.0848. The smallest absolute Gasteiger partial charge is 0.189 e. The number of aliphatic hydroxyl groups excluding tert-OH is 16. The van der Waals surface area contributed by atoms with Crippen LogP contribution in [0.25, 0.3) is 0 Å². The van der Waals surface area contributed by atoms with Gasteiger partial charge in [0.1, 0.15) is 97.7 Å². The Bertz CT molecular complexity index is 847. The van der Waals surface area contributed by atoms with E-state index in [1.165, 1.54) is 0 Å². The highest BCUT2D eigenvalue weighted by Gasteiger charge is 2.50. The Kier molecular flexibility index (Phi) is 16.5. The Labute approximate surface area is 260 Å². The highest BCUT2D eigenvalue weighted by Crippen LogP contribution is 2.28. The highest BCUT2D eigenvalue weighted by atomic mass is 16.8. The van der Waals surface area contributed by atoms with Gasteiger partial charge in [-0.15, -0.1) is 0 Å². The molecule has 3 fully saturated rings. The maximum atomic E-state index is 10.3. The summed E-state index contributed by atoms with van der Waals surface area (Å²) in [7, 11) is 0. The number of rotatable bonds is 12. The summed E-state index contributed by atoms with van der Waals surface area (Å²) >= 11 is 0. The van der Waals surface area contributed by atoms with Crippen molar-refractivity contribution in [2.75, 3.05) is 26.4 Å². The average Bonchev–Trinajstić information content (AvgIpc) is 3.06. The number of hydrogen-bond acceptors (Lipinski definition) is 22. The Morgan fingerprint density at radius 2 is 0.870 bits per heavy atom. The largest absolute Gasteiger partial charge is 0.394 e. The van der Waals surface area contributed by atoms with Crippen LogP contribution in [0.15, 0.2) is 0 Å². The minimum absolute atomic E-state index is 0.0287. The summed E-state index contributed by atoms with van der Waals surface area (Å²) in [4.78, 5) is 10.3. The molecule has 0 saturated carbocycles. The predicted octanol–water partition coefficient (Wildman–Crippen LogP) is -11.0. The number of hydrogen-bond donors (Lipinski definition) is 16. The molecule has 3 saturated heterocycles. The molecule has 0 aromatic rings. The van der Waals surface area contributed by atoms with Gasteiger partial charge in [-0.1, -0.05) is 0 Å². The van der Waals surface area contributed by atoms with Gasteiger partial charge in [0, 0.05) is 0 Å². The average molecular weight is 685 g/mol. The molecule has 3 aliphatic heterocycles. The van der Waals surface area contributed by atoms with E-state index in [1.807, 2.05) is 0 Å². The second-order valence-electron chi connectivity index (χ2n) is 10.7. The number of aldehydes is 1. The predicted molar refractivity (Wildman–Crippen MR) is 138 cm³/mol. The van der Waals surface area contributed by atoms with Crippen molar-refractivity contribution in [2.45, 2.75) is 117 Å². The van der Waals surface area contributed by atoms with Crippen LogP contribution < -0.4 is 0 Å². The lowest BCUT2D eigenvalue weighted by Gasteiger charge is -2.44. The first-order valence-electron chi connectivity index (χ1n) is 13.9. The van der Waals surface area contributed by atoms with Crippen LogP contribution in [0.2, 0.25) is 0 Å². The Morgan fingerprint density at radius 3 is 1.22 bits per heavy atom. The molecule has 16 N–H and O–H groups in total. The molecule has 0 aromatic heterocycles. The molecule has 22 heteroatoms. The van der Waals surface area contributed by atoms with Gasteiger partial charge >= 0.3 is 0 Å². The third kappa shape index (κ3) is 9.71. The fourth-order valence-corrected chi connectivity index (χ4v) is 4.50. The normalized spacial score (nSPS) is 44.3. The van der Waals surface area contributed by atoms with Crippen LogP contribution >= 0.6 is 0 Å². The summed E-state index contributed by atoms with van der Waals surface area (Å²) in [6.45, 7) is -2.70. The van der Waals surface area contributed by atoms with E-state index in [4.69, 9.17) is 44.1 Å². The molecule has 0 unspecified atom stereocenters. The van der Waals surface area contributed by atoms with Gasteiger partial charge in [0.2, 0.25) is 0 Å². The zero-order chi connectivity index (χ0) is 35.0. The van der Waals surface area contributed by atoms with E-state index in [2.05, 4.69) is 0 Å². The minimum atomic E-state index is -1.96. The number of aliphatic hydroxyl groups is 16. The SMILES string of the molecule is O=C[C@H](O)[C@@H](O)[C@H](O)[C@H](O)CO[C@H]1O[C@H](CO)[C@@H](O)[C@H](O)[C@H]1O.OC[C@H]1O[C@H](O[C@H]2O[C@H](CO)[C@@H](O)[C@H](O)[C@H]2O)[C@H](O)[C@@H](O)[C@@H]1O. The van der Waals surface area contributed by atoms with Crippen molar-refractivity contribution in [1.82, 2.24) is 0 Å². The molecular formula is C24H44O22. The van der Waals surface area contributed by atoms with Crippen LogP contribution in [0, 0.1) is 0 Å². The maximum absolute atomic E-state index is 10.3. The number of carbonyl (C=O) groups excluding carboxylic acids is 1. The Morgan fingerprint density at radius 1 is 0.522 bits per heavy atom. The van der Waals surface area contributed by atoms with Crippen LogP contribution in [0.3, 0.4) is 0 Å². The molecule has 0 aliphatic carbocycles. The Balaban J connectivity index is 0.000000320. The third-order valence-electron chi connectivity index (χ3n) is 7.48. The van der Waals surface area contributed by atoms with Gasteiger partial charge in [-0.3, -0.25) is 0 Å². The molecule has 22 nitrogen and oxygen atoms in total. The van der Waals surface area contributed by atoms with E-state index >= 15 is 0 Å². The van der Waals surface area contributed by atoms with Crippen molar-refractivity contribution in [3.8, 4) is 0 Å². The zero-order valence-electron chi connectivity index (χ0n) is 24.0. The molecular weight excluding hydrogens is 640 g/mol. The van der Waals surface area contributed by atoms with E-state index < -0.39 is 143 Å². The van der Waals surface area contributed by atoms with Crippen molar-refractivity contribution < 1.29 is 110 Å². The van der Waals surface area contributed by atoms with E-state index in [-0.39, 0.29) is 6.29 Å². The molecule has 46 heavy (non-hydrogen) atoms. The van der Waals surface area contributed by atoms with Gasteiger partial charge in [-0.05, 0) is 0 Å². The van der Waals surface area contributed by atoms with Crippen molar-refractivity contribution in [1.29, 1.82) is 0 Å². The van der Waals surface area contributed by atoms with Gasteiger partial charge in [0.15, 0.2) is 25.2 Å². The fourth-order valence-electron chi connectivity index (χ4n) is 4.50. The van der Waals surface area contributed by atoms with Crippen molar-refractivity contribution in [3.05, 3.63) is 0 Å². The summed E-state index contributed by atoms with van der Waals surface area (Å²) < 4.78 is 25.3. The van der Waals surface area contributed by atoms with E-state index in [0.717, 1.165) is 0 Å². The van der Waals surface area contributed by atoms with Crippen LogP contribution in [-0.4, -0.2) is 231 Å². The lowest BCUT2D eigenvalue weighted by Crippen LogP contribution is -2.63. The first-order valence-corrected chi connectivity index (χ1v) is 13.9. The molecule has 0 bridgehead atoms. The monoisotopic (exact) mass is 684 g/mol. The third-order valence-corrected chi connectivity index (χ3v) is 7.48. The second-order valence-corrected chi connectivity index (χ2v) is 10.7. The molecule has 19 atom stereocenters. The summed E-state index contributed by atoms with van der Waals surface area (Å²) in [5.74, 6) is 0. The van der Waals surface area contributed by atoms with Crippen molar-refractivity contribution in [2.24, 2.45) is 0 Å². The highest BCUT2D eigenvalue weighted by molar-refractivity contribution is 5.56. The van der Waals surface area contributed by atoms with Gasteiger partial charge in [-0.2, -0.15) is 0 Å². The van der Waals surface area contributed by atoms with Gasteiger partial charge in [-0.25, -0.2) is 0 Å². The second kappa shape index (κ2) is 18.6. The van der Waals surface area contributed by atoms with Crippen LogP contribution in [0.5, 0.6) is 0 Å². The van der Waals surface area contributed by atoms with Crippen LogP contribution in [0.1, 0.15) is 0 Å². The zero-order valence-corrected chi connectivity index (χ0v) is 24.0. The van der Waals surface area contributed by atoms with Gasteiger partial charge in [0.25, 0.3) is 0 Å². The first-order chi connectivity index (χ1) is 21.5. The maximum Gasteiger partial charge on any atom is 0.189 e. The molecule has 3 rings (SSSR count). The topological polar surface area (TPSA) is 387 Å². The molecule has 272 valence electrons. The molecule has 0 spiro atoms. The summed E-state index contributed by atoms with van der Waals surface area (Å²) in [5.41, 5.74) is 0. The summed E-state index contributed by atoms with van der Waals surface area (Å²) in [5, 5.41) is 152. The number of carbonyl (C=O) groups is 1. The molecule has 0 aromatic carbocycles. The van der Waals surface area contributed by atoms with Crippen LogP contribution in [0.4, 0.5) is 0 Å². The minimum Gasteiger partial charge on any atom is -0.394 e. The first kappa shape index (κ1) is 41.0. The lowest BCUT2D eigenvalue weighted by molar-refractivity contribution is -0.376. The lowest BCUT2D eigenvalue weighted by atomic mass is 9.98. The molecule has 0 radical (unpaired) electrons. The number of ether oxygens (including phenoxy) is 5. The standard InChI is InChI=1S/2C12H22O11/c13-1-3-5(15)7(17)9(19)11(21-3)23-12-10(20)8(18)6(16)4(2-14)22-12;13-1-4(15)7(17)8(18)5(16)3-22-12-11(21)10(20)9(19)6(2-14)23-12/h3-20H,1-2H2;1,4-12,14-21H,2-3H2/t3-,4-,5-,6-,7+,8+,9-,10-,11-,12-;4-,5+,6+,7+,8+,9+,10-,11+,12-/m10/s1. The molecule has 0 amide bonds. The van der Waals surface area contributed by atoms with E-state index in [1.54, 1.807) is 0 Å². The summed E-state index contributed by atoms with van der Waals surface area (Å²) in [6.07, 6.45) is -30.8. The van der Waals surface area contributed by atoms with Gasteiger partial charge in [0.05, 0.1) is 26.4 Å². The summed E-state index contributed by atoms with van der Waals surface area (Å²) in [6, 6.07) is 0. The van der Waals surface area contributed by atoms with Crippen molar-refractivity contribution >= 4 is 6.29 Å². The fraction of sp³-hybridized carbons (Fsp3) is 0.958. The Hall–Kier alpha value is -1.17. The van der Waals surface area contributed by atoms with E-state index in [9.17, 15) is 66.1 Å². The van der Waals surface area contributed by atoms with Crippen LogP contribution in [-0.2, 0) is 28.5 Å². The molecule has 3 aliphatic rings. The van der Waals surface area contributed by atoms with E-state index in [0.29, 0.717) is 0 Å².